The molecule has 0 saturated carbocycles. The van der Waals surface area contributed by atoms with Gasteiger partial charge in [-0.25, -0.2) is 0 Å². The van der Waals surface area contributed by atoms with Crippen LogP contribution in [0.5, 0.6) is 0 Å². The number of aromatic nitrogens is 2. The summed E-state index contributed by atoms with van der Waals surface area (Å²) >= 11 is 0. The minimum Gasteiger partial charge on any atom is -0.541 e. The fourth-order valence-corrected chi connectivity index (χ4v) is 1.40. The summed E-state index contributed by atoms with van der Waals surface area (Å²) in [6.07, 6.45) is -4.36. The SMILES string of the molecule is O=C([O-])c1noc(Cc2ccc(C(F)(F)F)cc2)n1. The highest BCUT2D eigenvalue weighted by Crippen LogP contribution is 2.29. The summed E-state index contributed by atoms with van der Waals surface area (Å²) in [5, 5.41) is 13.5. The molecule has 0 amide bonds. The van der Waals surface area contributed by atoms with Crippen LogP contribution in [0.4, 0.5) is 13.2 Å². The minimum atomic E-state index is -4.40. The Morgan fingerprint density at radius 1 is 1.26 bits per heavy atom. The Hall–Kier alpha value is -2.38. The van der Waals surface area contributed by atoms with E-state index in [-0.39, 0.29) is 12.3 Å². The molecule has 0 radical (unpaired) electrons. The van der Waals surface area contributed by atoms with E-state index in [0.717, 1.165) is 12.1 Å². The quantitative estimate of drug-likeness (QED) is 0.833. The number of rotatable bonds is 3. The molecule has 1 aromatic carbocycles. The van der Waals surface area contributed by atoms with E-state index in [4.69, 9.17) is 0 Å². The monoisotopic (exact) mass is 271 g/mol. The summed E-state index contributed by atoms with van der Waals surface area (Å²) in [6.45, 7) is 0. The molecule has 0 bridgehead atoms. The van der Waals surface area contributed by atoms with Gasteiger partial charge in [0, 0.05) is 0 Å². The largest absolute Gasteiger partial charge is 0.541 e. The van der Waals surface area contributed by atoms with Gasteiger partial charge in [-0.3, -0.25) is 0 Å². The van der Waals surface area contributed by atoms with E-state index in [1.54, 1.807) is 0 Å². The molecule has 2 aromatic rings. The van der Waals surface area contributed by atoms with Gasteiger partial charge in [0.1, 0.15) is 5.97 Å². The van der Waals surface area contributed by atoms with Gasteiger partial charge in [-0.2, -0.15) is 18.2 Å². The standard InChI is InChI=1S/C11H7F3N2O3/c12-11(13,14)7-3-1-6(2-4-7)5-8-15-9(10(17)18)16-19-8/h1-4H,5H2,(H,17,18)/p-1. The highest BCUT2D eigenvalue weighted by molar-refractivity contribution is 5.80. The summed E-state index contributed by atoms with van der Waals surface area (Å²) in [7, 11) is 0. The Morgan fingerprint density at radius 2 is 1.89 bits per heavy atom. The third kappa shape index (κ3) is 3.09. The molecule has 0 spiro atoms. The Labute approximate surface area is 104 Å². The van der Waals surface area contributed by atoms with Crippen molar-refractivity contribution in [3.05, 3.63) is 47.1 Å². The van der Waals surface area contributed by atoms with Crippen LogP contribution in [-0.2, 0) is 12.6 Å². The lowest BCUT2D eigenvalue weighted by Crippen LogP contribution is -2.23. The van der Waals surface area contributed by atoms with Gasteiger partial charge in [0.2, 0.25) is 11.7 Å². The molecule has 0 unspecified atom stereocenters. The second-order valence-corrected chi connectivity index (χ2v) is 3.67. The zero-order chi connectivity index (χ0) is 14.0. The van der Waals surface area contributed by atoms with Gasteiger partial charge in [0.15, 0.2) is 0 Å². The lowest BCUT2D eigenvalue weighted by Gasteiger charge is -2.06. The molecule has 5 nitrogen and oxygen atoms in total. The summed E-state index contributed by atoms with van der Waals surface area (Å²) in [6, 6.07) is 4.36. The van der Waals surface area contributed by atoms with Gasteiger partial charge in [-0.1, -0.05) is 17.3 Å². The maximum absolute atomic E-state index is 12.3. The summed E-state index contributed by atoms with van der Waals surface area (Å²) in [4.78, 5) is 13.9. The lowest BCUT2D eigenvalue weighted by atomic mass is 10.1. The summed E-state index contributed by atoms with van der Waals surface area (Å²) in [5.41, 5.74) is -0.279. The number of hydrogen-bond acceptors (Lipinski definition) is 5. The fraction of sp³-hybridized carbons (Fsp3) is 0.182. The van der Waals surface area contributed by atoms with Crippen LogP contribution in [0.2, 0.25) is 0 Å². The molecule has 1 aromatic heterocycles. The zero-order valence-corrected chi connectivity index (χ0v) is 9.27. The van der Waals surface area contributed by atoms with E-state index < -0.39 is 23.5 Å². The van der Waals surface area contributed by atoms with Crippen LogP contribution in [0.15, 0.2) is 28.8 Å². The maximum atomic E-state index is 12.3. The molecule has 19 heavy (non-hydrogen) atoms. The number of nitrogens with zero attached hydrogens (tertiary/aromatic N) is 2. The van der Waals surface area contributed by atoms with Crippen molar-refractivity contribution >= 4 is 5.97 Å². The maximum Gasteiger partial charge on any atom is 0.416 e. The van der Waals surface area contributed by atoms with Crippen LogP contribution in [0.25, 0.3) is 0 Å². The van der Waals surface area contributed by atoms with E-state index in [9.17, 15) is 23.1 Å². The zero-order valence-electron chi connectivity index (χ0n) is 9.27. The molecule has 1 heterocycles. The van der Waals surface area contributed by atoms with E-state index in [1.165, 1.54) is 12.1 Å². The Kier molecular flexibility index (Phi) is 3.24. The first-order valence-corrected chi connectivity index (χ1v) is 5.06. The van der Waals surface area contributed by atoms with Crippen LogP contribution in [0.3, 0.4) is 0 Å². The summed E-state index contributed by atoms with van der Waals surface area (Å²) < 4.78 is 41.6. The van der Waals surface area contributed by atoms with Gasteiger partial charge in [0.25, 0.3) is 0 Å². The number of alkyl halides is 3. The van der Waals surface area contributed by atoms with E-state index in [1.807, 2.05) is 0 Å². The fourth-order valence-electron chi connectivity index (χ4n) is 1.40. The molecule has 100 valence electrons. The number of aromatic carboxylic acids is 1. The van der Waals surface area contributed by atoms with E-state index in [0.29, 0.717) is 5.56 Å². The van der Waals surface area contributed by atoms with Crippen molar-refractivity contribution in [3.8, 4) is 0 Å². The van der Waals surface area contributed by atoms with Crippen LogP contribution in [0, 0.1) is 0 Å². The van der Waals surface area contributed by atoms with Crippen LogP contribution in [-0.4, -0.2) is 16.1 Å². The predicted octanol–water partition coefficient (Wildman–Crippen LogP) is 1.04. The first kappa shape index (κ1) is 13.1. The Balaban J connectivity index is 2.13. The van der Waals surface area contributed by atoms with Gasteiger partial charge in [-0.15, -0.1) is 0 Å². The average Bonchev–Trinajstić information content (AvgIpc) is 2.77. The third-order valence-electron chi connectivity index (χ3n) is 2.29. The Morgan fingerprint density at radius 3 is 2.37 bits per heavy atom. The second-order valence-electron chi connectivity index (χ2n) is 3.67. The van der Waals surface area contributed by atoms with Crippen LogP contribution < -0.4 is 5.11 Å². The molecular formula is C11H6F3N2O3-. The molecule has 0 aliphatic rings. The molecule has 0 atom stereocenters. The van der Waals surface area contributed by atoms with Crippen molar-refractivity contribution in [1.82, 2.24) is 10.1 Å². The number of carboxylic acid groups (broad SMARTS) is 1. The first-order valence-electron chi connectivity index (χ1n) is 5.06. The topological polar surface area (TPSA) is 79.0 Å². The number of hydrogen-bond donors (Lipinski definition) is 0. The van der Waals surface area contributed by atoms with Crippen LogP contribution >= 0.6 is 0 Å². The number of carboxylic acids is 1. The van der Waals surface area contributed by atoms with Gasteiger partial charge < -0.3 is 14.4 Å². The number of carbonyl (C=O) groups excluding carboxylic acids is 1. The number of carbonyl (C=O) groups is 1. The molecule has 8 heteroatoms. The van der Waals surface area contributed by atoms with Crippen molar-refractivity contribution in [3.63, 3.8) is 0 Å². The van der Waals surface area contributed by atoms with Crippen molar-refractivity contribution in [2.45, 2.75) is 12.6 Å². The normalized spacial score (nSPS) is 11.5. The van der Waals surface area contributed by atoms with E-state index >= 15 is 0 Å². The Bertz CT molecular complexity index is 590. The smallest absolute Gasteiger partial charge is 0.416 e. The molecule has 0 saturated heterocycles. The minimum absolute atomic E-state index is 0.0149. The summed E-state index contributed by atoms with van der Waals surface area (Å²) in [5.74, 6) is -2.19. The third-order valence-corrected chi connectivity index (χ3v) is 2.29. The molecular weight excluding hydrogens is 265 g/mol. The van der Waals surface area contributed by atoms with Crippen molar-refractivity contribution in [2.24, 2.45) is 0 Å². The van der Waals surface area contributed by atoms with Crippen molar-refractivity contribution < 1.29 is 27.6 Å². The first-order chi connectivity index (χ1) is 8.86. The predicted molar refractivity (Wildman–Crippen MR) is 52.9 cm³/mol. The van der Waals surface area contributed by atoms with Crippen molar-refractivity contribution in [2.75, 3.05) is 0 Å². The number of halogens is 3. The second kappa shape index (κ2) is 4.71. The molecule has 0 fully saturated rings. The molecule has 0 N–H and O–H groups in total. The number of benzene rings is 1. The average molecular weight is 271 g/mol. The molecule has 0 aliphatic heterocycles. The van der Waals surface area contributed by atoms with Crippen LogP contribution in [0.1, 0.15) is 27.6 Å². The van der Waals surface area contributed by atoms with Gasteiger partial charge in [0.05, 0.1) is 12.0 Å². The highest BCUT2D eigenvalue weighted by Gasteiger charge is 2.29. The van der Waals surface area contributed by atoms with Gasteiger partial charge in [-0.05, 0) is 17.7 Å². The molecule has 2 rings (SSSR count). The van der Waals surface area contributed by atoms with Crippen molar-refractivity contribution in [1.29, 1.82) is 0 Å². The molecule has 0 aliphatic carbocycles. The van der Waals surface area contributed by atoms with E-state index in [2.05, 4.69) is 14.7 Å². The highest BCUT2D eigenvalue weighted by atomic mass is 19.4. The van der Waals surface area contributed by atoms with Gasteiger partial charge >= 0.3 is 6.18 Å². The lowest BCUT2D eigenvalue weighted by molar-refractivity contribution is -0.256.